The zero-order valence-electron chi connectivity index (χ0n) is 16.5. The van der Waals surface area contributed by atoms with E-state index >= 15 is 0 Å². The second kappa shape index (κ2) is 9.73. The van der Waals surface area contributed by atoms with Crippen LogP contribution >= 0.6 is 11.6 Å². The summed E-state index contributed by atoms with van der Waals surface area (Å²) in [7, 11) is 0. The van der Waals surface area contributed by atoms with Gasteiger partial charge in [0.05, 0.1) is 11.9 Å². The number of aromatic amines is 1. The zero-order valence-corrected chi connectivity index (χ0v) is 17.2. The Morgan fingerprint density at radius 3 is 2.52 bits per heavy atom. The van der Waals surface area contributed by atoms with Crippen LogP contribution in [0.1, 0.15) is 21.6 Å². The molecular formula is C24H19ClN4O2. The number of hydrogen-bond donors (Lipinski definition) is 2. The summed E-state index contributed by atoms with van der Waals surface area (Å²) >= 11 is 5.85. The largest absolute Gasteiger partial charge is 0.489 e. The third-order valence-electron chi connectivity index (χ3n) is 4.47. The van der Waals surface area contributed by atoms with Gasteiger partial charge in [0.25, 0.3) is 5.91 Å². The predicted octanol–water partition coefficient (Wildman–Crippen LogP) is 5.07. The Labute approximate surface area is 184 Å². The number of carbonyl (C=O) groups is 1. The minimum atomic E-state index is -0.383. The summed E-state index contributed by atoms with van der Waals surface area (Å²) in [5, 5.41) is 11.5. The van der Waals surface area contributed by atoms with E-state index in [-0.39, 0.29) is 5.91 Å². The number of nitrogens with zero attached hydrogens (tertiary/aromatic N) is 2. The first-order valence-corrected chi connectivity index (χ1v) is 9.97. The lowest BCUT2D eigenvalue weighted by Gasteiger charge is -2.06. The first-order valence-electron chi connectivity index (χ1n) is 9.59. The van der Waals surface area contributed by atoms with Crippen LogP contribution in [0.15, 0.2) is 90.0 Å². The number of aromatic nitrogens is 2. The van der Waals surface area contributed by atoms with Crippen molar-refractivity contribution in [3.8, 4) is 17.0 Å². The zero-order chi connectivity index (χ0) is 21.5. The number of benzene rings is 3. The van der Waals surface area contributed by atoms with Gasteiger partial charge in [-0.05, 0) is 53.6 Å². The van der Waals surface area contributed by atoms with Crippen molar-refractivity contribution in [2.45, 2.75) is 6.61 Å². The molecule has 0 atom stereocenters. The van der Waals surface area contributed by atoms with Crippen LogP contribution < -0.4 is 10.2 Å². The van der Waals surface area contributed by atoms with Crippen LogP contribution in [0.4, 0.5) is 0 Å². The molecule has 0 bridgehead atoms. The second-order valence-electron chi connectivity index (χ2n) is 6.72. The number of nitrogens with one attached hydrogen (secondary N) is 2. The van der Waals surface area contributed by atoms with E-state index < -0.39 is 0 Å². The maximum absolute atomic E-state index is 12.3. The van der Waals surface area contributed by atoms with Gasteiger partial charge in [-0.25, -0.2) is 5.43 Å². The first kappa shape index (κ1) is 20.4. The van der Waals surface area contributed by atoms with Crippen molar-refractivity contribution in [3.05, 3.63) is 107 Å². The summed E-state index contributed by atoms with van der Waals surface area (Å²) in [6.45, 7) is 0.503. The third-order valence-corrected chi connectivity index (χ3v) is 4.72. The fourth-order valence-electron chi connectivity index (χ4n) is 2.82. The van der Waals surface area contributed by atoms with E-state index in [0.717, 1.165) is 22.4 Å². The molecule has 1 heterocycles. The lowest BCUT2D eigenvalue weighted by atomic mass is 10.1. The normalized spacial score (nSPS) is 10.9. The molecule has 0 radical (unpaired) electrons. The standard InChI is InChI=1S/C24H19ClN4O2/c25-20-10-6-17(7-11-20)15-26-29-24(30)23-14-22(27-28-23)19-8-12-21(13-9-19)31-16-18-4-2-1-3-5-18/h1-15H,16H2,(H,27,28)(H,29,30). The van der Waals surface area contributed by atoms with E-state index in [9.17, 15) is 4.79 Å². The van der Waals surface area contributed by atoms with E-state index in [0.29, 0.717) is 23.0 Å². The molecule has 0 fully saturated rings. The number of carbonyl (C=O) groups excluding carboxylic acids is 1. The van der Waals surface area contributed by atoms with Crippen molar-refractivity contribution in [1.29, 1.82) is 0 Å². The summed E-state index contributed by atoms with van der Waals surface area (Å²) in [5.74, 6) is 0.379. The predicted molar refractivity (Wildman–Crippen MR) is 121 cm³/mol. The Morgan fingerprint density at radius 2 is 1.77 bits per heavy atom. The average Bonchev–Trinajstić information content (AvgIpc) is 3.30. The van der Waals surface area contributed by atoms with E-state index in [1.807, 2.05) is 54.6 Å². The highest BCUT2D eigenvalue weighted by molar-refractivity contribution is 6.30. The monoisotopic (exact) mass is 430 g/mol. The molecule has 4 aromatic rings. The minimum Gasteiger partial charge on any atom is -0.489 e. The smallest absolute Gasteiger partial charge is 0.289 e. The molecule has 0 spiro atoms. The molecule has 0 saturated carbocycles. The van der Waals surface area contributed by atoms with Gasteiger partial charge in [-0.15, -0.1) is 0 Å². The van der Waals surface area contributed by atoms with Crippen molar-refractivity contribution in [2.24, 2.45) is 5.10 Å². The molecule has 1 amide bonds. The number of hydrogen-bond acceptors (Lipinski definition) is 4. The van der Waals surface area contributed by atoms with Gasteiger partial charge in [0.2, 0.25) is 0 Å². The van der Waals surface area contributed by atoms with Crippen LogP contribution in [0.2, 0.25) is 5.02 Å². The van der Waals surface area contributed by atoms with Crippen molar-refractivity contribution in [1.82, 2.24) is 15.6 Å². The van der Waals surface area contributed by atoms with Gasteiger partial charge in [0.1, 0.15) is 18.1 Å². The number of amides is 1. The Bertz CT molecular complexity index is 1170. The molecule has 31 heavy (non-hydrogen) atoms. The van der Waals surface area contributed by atoms with Crippen molar-refractivity contribution < 1.29 is 9.53 Å². The third kappa shape index (κ3) is 5.58. The van der Waals surface area contributed by atoms with Gasteiger partial charge in [0, 0.05) is 10.6 Å². The maximum Gasteiger partial charge on any atom is 0.289 e. The Morgan fingerprint density at radius 1 is 1.03 bits per heavy atom. The van der Waals surface area contributed by atoms with Gasteiger partial charge in [0.15, 0.2) is 0 Å². The van der Waals surface area contributed by atoms with Gasteiger partial charge >= 0.3 is 0 Å². The van der Waals surface area contributed by atoms with Crippen molar-refractivity contribution in [2.75, 3.05) is 0 Å². The molecular weight excluding hydrogens is 412 g/mol. The highest BCUT2D eigenvalue weighted by Gasteiger charge is 2.10. The molecule has 154 valence electrons. The molecule has 4 rings (SSSR count). The first-order chi connectivity index (χ1) is 15.2. The number of rotatable bonds is 7. The lowest BCUT2D eigenvalue weighted by molar-refractivity contribution is 0.0950. The summed E-state index contributed by atoms with van der Waals surface area (Å²) in [6.07, 6.45) is 1.54. The van der Waals surface area contributed by atoms with Crippen LogP contribution in [-0.2, 0) is 6.61 Å². The fourth-order valence-corrected chi connectivity index (χ4v) is 2.95. The van der Waals surface area contributed by atoms with E-state index in [1.54, 1.807) is 36.5 Å². The Kier molecular flexibility index (Phi) is 6.40. The molecule has 1 aromatic heterocycles. The molecule has 0 unspecified atom stereocenters. The molecule has 2 N–H and O–H groups in total. The minimum absolute atomic E-state index is 0.313. The molecule has 0 aliphatic carbocycles. The molecule has 6 nitrogen and oxygen atoms in total. The van der Waals surface area contributed by atoms with Gasteiger partial charge in [-0.3, -0.25) is 9.89 Å². The topological polar surface area (TPSA) is 79.4 Å². The summed E-state index contributed by atoms with van der Waals surface area (Å²) in [5.41, 5.74) is 6.24. The number of ether oxygens (including phenoxy) is 1. The number of hydrazone groups is 1. The van der Waals surface area contributed by atoms with E-state index in [4.69, 9.17) is 16.3 Å². The molecule has 0 saturated heterocycles. The Balaban J connectivity index is 1.34. The summed E-state index contributed by atoms with van der Waals surface area (Å²) in [4.78, 5) is 12.3. The van der Waals surface area contributed by atoms with Crippen LogP contribution in [0.25, 0.3) is 11.3 Å². The highest BCUT2D eigenvalue weighted by Crippen LogP contribution is 2.22. The van der Waals surface area contributed by atoms with Gasteiger partial charge < -0.3 is 4.74 Å². The molecule has 3 aromatic carbocycles. The maximum atomic E-state index is 12.3. The number of halogens is 1. The highest BCUT2D eigenvalue weighted by atomic mass is 35.5. The van der Waals surface area contributed by atoms with Gasteiger partial charge in [-0.2, -0.15) is 10.2 Å². The summed E-state index contributed by atoms with van der Waals surface area (Å²) in [6, 6.07) is 26.3. The average molecular weight is 431 g/mol. The van der Waals surface area contributed by atoms with Crippen molar-refractivity contribution >= 4 is 23.7 Å². The van der Waals surface area contributed by atoms with Crippen molar-refractivity contribution in [3.63, 3.8) is 0 Å². The SMILES string of the molecule is O=C(NN=Cc1ccc(Cl)cc1)c1cc(-c2ccc(OCc3ccccc3)cc2)n[nH]1. The molecule has 7 heteroatoms. The fraction of sp³-hybridized carbons (Fsp3) is 0.0417. The van der Waals surface area contributed by atoms with Gasteiger partial charge in [-0.1, -0.05) is 54.1 Å². The van der Waals surface area contributed by atoms with Crippen LogP contribution in [0, 0.1) is 0 Å². The quantitative estimate of drug-likeness (QED) is 0.317. The van der Waals surface area contributed by atoms with Crippen LogP contribution in [0.3, 0.4) is 0 Å². The lowest BCUT2D eigenvalue weighted by Crippen LogP contribution is -2.17. The summed E-state index contributed by atoms with van der Waals surface area (Å²) < 4.78 is 5.80. The van der Waals surface area contributed by atoms with Crippen LogP contribution in [-0.4, -0.2) is 22.3 Å². The second-order valence-corrected chi connectivity index (χ2v) is 7.15. The molecule has 0 aliphatic rings. The van der Waals surface area contributed by atoms with E-state index in [2.05, 4.69) is 20.7 Å². The number of H-pyrrole nitrogens is 1. The Hall–Kier alpha value is -3.90. The van der Waals surface area contributed by atoms with Crippen LogP contribution in [0.5, 0.6) is 5.75 Å². The molecule has 0 aliphatic heterocycles. The van der Waals surface area contributed by atoms with E-state index in [1.165, 1.54) is 0 Å².